The Kier molecular flexibility index (Phi) is 6.67. The third-order valence-electron chi connectivity index (χ3n) is 5.21. The molecule has 0 unspecified atom stereocenters. The molecule has 1 atom stereocenters. The average molecular weight is 468 g/mol. The summed E-state index contributed by atoms with van der Waals surface area (Å²) in [7, 11) is 1.80. The smallest absolute Gasteiger partial charge is 0.279 e. The van der Waals surface area contributed by atoms with E-state index in [9.17, 15) is 9.59 Å². The summed E-state index contributed by atoms with van der Waals surface area (Å²) in [4.78, 5) is 30.1. The molecule has 1 aliphatic rings. The first-order valence-corrected chi connectivity index (χ1v) is 11.4. The molecule has 2 aromatic carbocycles. The summed E-state index contributed by atoms with van der Waals surface area (Å²) in [5.41, 5.74) is 1.91. The molecule has 0 aliphatic carbocycles. The first-order valence-electron chi connectivity index (χ1n) is 10.1. The van der Waals surface area contributed by atoms with Crippen LogP contribution < -0.4 is 15.6 Å². The number of para-hydroxylation sites is 1. The fraction of sp³-hybridized carbons (Fsp3) is 0.208. The molecule has 164 valence electrons. The average Bonchev–Trinajstić information content (AvgIpc) is 2.78. The van der Waals surface area contributed by atoms with Gasteiger partial charge in [0.1, 0.15) is 18.2 Å². The Balaban J connectivity index is 1.72. The van der Waals surface area contributed by atoms with Crippen LogP contribution in [0, 0.1) is 0 Å². The minimum atomic E-state index is -0.446. The molecule has 6 nitrogen and oxygen atoms in total. The van der Waals surface area contributed by atoms with Gasteiger partial charge >= 0.3 is 0 Å². The maximum atomic E-state index is 13.2. The number of benzene rings is 2. The number of amides is 1. The maximum absolute atomic E-state index is 13.2. The van der Waals surface area contributed by atoms with Gasteiger partial charge in [-0.25, -0.2) is 0 Å². The Hall–Kier alpha value is -3.03. The van der Waals surface area contributed by atoms with Crippen molar-refractivity contribution in [2.45, 2.75) is 23.2 Å². The van der Waals surface area contributed by atoms with E-state index in [1.807, 2.05) is 48.5 Å². The third kappa shape index (κ3) is 4.59. The summed E-state index contributed by atoms with van der Waals surface area (Å²) in [5, 5.41) is 4.05. The van der Waals surface area contributed by atoms with Crippen LogP contribution in [0.2, 0.25) is 5.02 Å². The standard InChI is InChI=1S/C24H22ClN3O3S/c1-3-11-31-19-10-5-4-9-17(19)18-13-20(29)26-22-21(18)23(30)27-24(28(22)2)32-14-15-7-6-8-16(25)12-15/h3-10,12,18H,1,11,13-14H2,2H3,(H,26,29)/t18-/m1/s1. The number of hydrogen-bond acceptors (Lipinski definition) is 5. The number of anilines is 1. The zero-order chi connectivity index (χ0) is 22.7. The lowest BCUT2D eigenvalue weighted by atomic mass is 9.86. The molecule has 4 rings (SSSR count). The van der Waals surface area contributed by atoms with Crippen molar-refractivity contribution >= 4 is 35.1 Å². The second-order valence-electron chi connectivity index (χ2n) is 7.38. The number of carbonyl (C=O) groups excluding carboxylic acids is 1. The van der Waals surface area contributed by atoms with E-state index in [0.29, 0.717) is 39.7 Å². The van der Waals surface area contributed by atoms with Crippen molar-refractivity contribution in [3.63, 3.8) is 0 Å². The molecular weight excluding hydrogens is 446 g/mol. The molecule has 0 radical (unpaired) electrons. The summed E-state index contributed by atoms with van der Waals surface area (Å²) in [6.45, 7) is 4.01. The van der Waals surface area contributed by atoms with Crippen LogP contribution in [0.1, 0.15) is 29.0 Å². The molecular formula is C24H22ClN3O3S. The van der Waals surface area contributed by atoms with Crippen LogP contribution in [0.15, 0.2) is 71.1 Å². The van der Waals surface area contributed by atoms with Crippen molar-refractivity contribution in [1.82, 2.24) is 9.55 Å². The molecule has 3 aromatic rings. The van der Waals surface area contributed by atoms with Crippen LogP contribution >= 0.6 is 23.4 Å². The number of rotatable bonds is 7. The zero-order valence-electron chi connectivity index (χ0n) is 17.5. The number of halogens is 1. The quantitative estimate of drug-likeness (QED) is 0.308. The van der Waals surface area contributed by atoms with E-state index in [1.165, 1.54) is 11.8 Å². The Morgan fingerprint density at radius 1 is 1.28 bits per heavy atom. The number of ether oxygens (including phenoxy) is 1. The summed E-state index contributed by atoms with van der Waals surface area (Å²) < 4.78 is 7.55. The van der Waals surface area contributed by atoms with Gasteiger partial charge in [-0.15, -0.1) is 0 Å². The van der Waals surface area contributed by atoms with Gasteiger partial charge in [-0.2, -0.15) is 4.98 Å². The van der Waals surface area contributed by atoms with Gasteiger partial charge in [0.05, 0.1) is 5.56 Å². The molecule has 0 saturated heterocycles. The lowest BCUT2D eigenvalue weighted by Gasteiger charge is -2.28. The number of nitrogens with one attached hydrogen (secondary N) is 1. The van der Waals surface area contributed by atoms with Crippen molar-refractivity contribution in [3.8, 4) is 5.75 Å². The van der Waals surface area contributed by atoms with Crippen LogP contribution in [0.25, 0.3) is 0 Å². The lowest BCUT2D eigenvalue weighted by Crippen LogP contribution is -2.33. The van der Waals surface area contributed by atoms with Gasteiger partial charge in [0, 0.05) is 35.7 Å². The largest absolute Gasteiger partial charge is 0.489 e. The summed E-state index contributed by atoms with van der Waals surface area (Å²) in [5.74, 6) is 1.08. The first kappa shape index (κ1) is 22.2. The molecule has 32 heavy (non-hydrogen) atoms. The predicted octanol–water partition coefficient (Wildman–Crippen LogP) is 4.76. The Bertz CT molecular complexity index is 1240. The van der Waals surface area contributed by atoms with Crippen molar-refractivity contribution in [1.29, 1.82) is 0 Å². The number of thioether (sulfide) groups is 1. The summed E-state index contributed by atoms with van der Waals surface area (Å²) in [6.07, 6.45) is 1.80. The van der Waals surface area contributed by atoms with Gasteiger partial charge in [-0.05, 0) is 23.8 Å². The minimum absolute atomic E-state index is 0.146. The first-order chi connectivity index (χ1) is 15.5. The monoisotopic (exact) mass is 467 g/mol. The fourth-order valence-electron chi connectivity index (χ4n) is 3.75. The highest BCUT2D eigenvalue weighted by Crippen LogP contribution is 2.39. The molecule has 0 spiro atoms. The number of fused-ring (bicyclic) bond motifs is 1. The minimum Gasteiger partial charge on any atom is -0.489 e. The second-order valence-corrected chi connectivity index (χ2v) is 8.76. The highest BCUT2D eigenvalue weighted by Gasteiger charge is 2.33. The molecule has 2 heterocycles. The number of hydrogen-bond donors (Lipinski definition) is 1. The van der Waals surface area contributed by atoms with Gasteiger partial charge in [-0.3, -0.25) is 9.59 Å². The van der Waals surface area contributed by atoms with Gasteiger partial charge in [0.15, 0.2) is 5.16 Å². The molecule has 1 amide bonds. The molecule has 8 heteroatoms. The van der Waals surface area contributed by atoms with Crippen LogP contribution in [-0.4, -0.2) is 22.1 Å². The van der Waals surface area contributed by atoms with E-state index in [-0.39, 0.29) is 17.9 Å². The van der Waals surface area contributed by atoms with Gasteiger partial charge in [0.25, 0.3) is 5.56 Å². The van der Waals surface area contributed by atoms with Crippen LogP contribution in [0.3, 0.4) is 0 Å². The Morgan fingerprint density at radius 2 is 2.09 bits per heavy atom. The van der Waals surface area contributed by atoms with E-state index in [1.54, 1.807) is 17.7 Å². The maximum Gasteiger partial charge on any atom is 0.279 e. The molecule has 1 aliphatic heterocycles. The van der Waals surface area contributed by atoms with E-state index in [4.69, 9.17) is 16.3 Å². The molecule has 0 fully saturated rings. The Labute approximate surface area is 195 Å². The number of nitrogens with zero attached hydrogens (tertiary/aromatic N) is 2. The molecule has 1 N–H and O–H groups in total. The van der Waals surface area contributed by atoms with Crippen molar-refractivity contribution in [2.24, 2.45) is 7.05 Å². The van der Waals surface area contributed by atoms with E-state index in [2.05, 4.69) is 16.9 Å². The normalized spacial score (nSPS) is 15.1. The van der Waals surface area contributed by atoms with Crippen molar-refractivity contribution in [3.05, 3.63) is 93.3 Å². The Morgan fingerprint density at radius 3 is 2.88 bits per heavy atom. The van der Waals surface area contributed by atoms with Crippen molar-refractivity contribution < 1.29 is 9.53 Å². The van der Waals surface area contributed by atoms with Crippen LogP contribution in [0.4, 0.5) is 5.82 Å². The predicted molar refractivity (Wildman–Crippen MR) is 128 cm³/mol. The van der Waals surface area contributed by atoms with Gasteiger partial charge in [-0.1, -0.05) is 66.3 Å². The topological polar surface area (TPSA) is 73.2 Å². The summed E-state index contributed by atoms with van der Waals surface area (Å²) >= 11 is 7.48. The fourth-order valence-corrected chi connectivity index (χ4v) is 4.87. The van der Waals surface area contributed by atoms with Crippen LogP contribution in [-0.2, 0) is 17.6 Å². The molecule has 0 bridgehead atoms. The van der Waals surface area contributed by atoms with E-state index >= 15 is 0 Å². The summed E-state index contributed by atoms with van der Waals surface area (Å²) in [6, 6.07) is 15.0. The molecule has 0 saturated carbocycles. The van der Waals surface area contributed by atoms with Gasteiger partial charge < -0.3 is 14.6 Å². The number of aromatic nitrogens is 2. The van der Waals surface area contributed by atoms with Crippen molar-refractivity contribution in [2.75, 3.05) is 11.9 Å². The highest BCUT2D eigenvalue weighted by atomic mass is 35.5. The lowest BCUT2D eigenvalue weighted by molar-refractivity contribution is -0.116. The molecule has 1 aromatic heterocycles. The van der Waals surface area contributed by atoms with Gasteiger partial charge in [0.2, 0.25) is 5.91 Å². The zero-order valence-corrected chi connectivity index (χ0v) is 19.1. The van der Waals surface area contributed by atoms with Crippen LogP contribution in [0.5, 0.6) is 5.75 Å². The number of carbonyl (C=O) groups is 1. The van der Waals surface area contributed by atoms with E-state index in [0.717, 1.165) is 11.1 Å². The highest BCUT2D eigenvalue weighted by molar-refractivity contribution is 7.98. The van der Waals surface area contributed by atoms with E-state index < -0.39 is 5.92 Å². The second kappa shape index (κ2) is 9.63. The SMILES string of the molecule is C=CCOc1ccccc1[C@H]1CC(=O)Nc2c1c(=O)nc(SCc1cccc(Cl)c1)n2C. The third-order valence-corrected chi connectivity index (χ3v) is 6.55.